The summed E-state index contributed by atoms with van der Waals surface area (Å²) in [6.45, 7) is 6.67. The standard InChI is InChI=1S/C13H21NO/c1-3-14(10-6-7-11-15)13-9-5-4-8-12(13)2/h4-5,8-9,15H,3,6-7,10-11H2,1-2H3. The summed E-state index contributed by atoms with van der Waals surface area (Å²) in [5.74, 6) is 0. The van der Waals surface area contributed by atoms with E-state index < -0.39 is 0 Å². The van der Waals surface area contributed by atoms with Crippen LogP contribution in [0.2, 0.25) is 0 Å². The molecule has 2 heteroatoms. The highest BCUT2D eigenvalue weighted by Gasteiger charge is 2.05. The number of hydrogen-bond acceptors (Lipinski definition) is 2. The first-order chi connectivity index (χ1) is 7.29. The first-order valence-corrected chi connectivity index (χ1v) is 5.71. The van der Waals surface area contributed by atoms with E-state index in [1.165, 1.54) is 11.3 Å². The van der Waals surface area contributed by atoms with Crippen LogP contribution in [-0.2, 0) is 0 Å². The van der Waals surface area contributed by atoms with Gasteiger partial charge in [-0.3, -0.25) is 0 Å². The molecule has 2 nitrogen and oxygen atoms in total. The lowest BCUT2D eigenvalue weighted by molar-refractivity contribution is 0.285. The van der Waals surface area contributed by atoms with Crippen molar-refractivity contribution in [3.63, 3.8) is 0 Å². The van der Waals surface area contributed by atoms with Gasteiger partial charge in [0, 0.05) is 25.4 Å². The van der Waals surface area contributed by atoms with E-state index in [0.717, 1.165) is 25.9 Å². The fourth-order valence-electron chi connectivity index (χ4n) is 1.78. The number of nitrogens with zero attached hydrogens (tertiary/aromatic N) is 1. The maximum absolute atomic E-state index is 8.76. The second kappa shape index (κ2) is 6.46. The van der Waals surface area contributed by atoms with Crippen molar-refractivity contribution >= 4 is 5.69 Å². The predicted octanol–water partition coefficient (Wildman–Crippen LogP) is 2.59. The number of aliphatic hydroxyl groups is 1. The Bertz CT molecular complexity index is 286. The van der Waals surface area contributed by atoms with Crippen molar-refractivity contribution in [2.75, 3.05) is 24.6 Å². The van der Waals surface area contributed by atoms with Gasteiger partial charge in [0.15, 0.2) is 0 Å². The Balaban J connectivity index is 2.61. The van der Waals surface area contributed by atoms with E-state index >= 15 is 0 Å². The molecule has 15 heavy (non-hydrogen) atoms. The first kappa shape index (κ1) is 12.1. The Hall–Kier alpha value is -1.02. The first-order valence-electron chi connectivity index (χ1n) is 5.71. The summed E-state index contributed by atoms with van der Waals surface area (Å²) in [7, 11) is 0. The fraction of sp³-hybridized carbons (Fsp3) is 0.538. The normalized spacial score (nSPS) is 10.3. The summed E-state index contributed by atoms with van der Waals surface area (Å²) in [4.78, 5) is 2.37. The average molecular weight is 207 g/mol. The SMILES string of the molecule is CCN(CCCCO)c1ccccc1C. The lowest BCUT2D eigenvalue weighted by Gasteiger charge is -2.24. The smallest absolute Gasteiger partial charge is 0.0431 e. The maximum Gasteiger partial charge on any atom is 0.0431 e. The number of aliphatic hydroxyl groups excluding tert-OH is 1. The lowest BCUT2D eigenvalue weighted by atomic mass is 10.1. The van der Waals surface area contributed by atoms with Gasteiger partial charge in [-0.1, -0.05) is 18.2 Å². The van der Waals surface area contributed by atoms with Gasteiger partial charge in [0.2, 0.25) is 0 Å². The van der Waals surface area contributed by atoms with Gasteiger partial charge < -0.3 is 10.0 Å². The Kier molecular flexibility index (Phi) is 5.19. The van der Waals surface area contributed by atoms with Gasteiger partial charge in [-0.25, -0.2) is 0 Å². The van der Waals surface area contributed by atoms with Crippen molar-refractivity contribution in [3.8, 4) is 0 Å². The number of benzene rings is 1. The third-order valence-corrected chi connectivity index (χ3v) is 2.67. The second-order valence-electron chi connectivity index (χ2n) is 3.80. The molecule has 0 aliphatic rings. The second-order valence-corrected chi connectivity index (χ2v) is 3.80. The van der Waals surface area contributed by atoms with Crippen LogP contribution >= 0.6 is 0 Å². The summed E-state index contributed by atoms with van der Waals surface area (Å²) in [5.41, 5.74) is 2.64. The monoisotopic (exact) mass is 207 g/mol. The molecular formula is C13H21NO. The van der Waals surface area contributed by atoms with Crippen LogP contribution in [0.5, 0.6) is 0 Å². The average Bonchev–Trinajstić information content (AvgIpc) is 2.26. The van der Waals surface area contributed by atoms with Crippen LogP contribution in [0.25, 0.3) is 0 Å². The fourth-order valence-corrected chi connectivity index (χ4v) is 1.78. The zero-order valence-electron chi connectivity index (χ0n) is 9.74. The van der Waals surface area contributed by atoms with E-state index in [2.05, 4.69) is 43.0 Å². The minimum Gasteiger partial charge on any atom is -0.396 e. The van der Waals surface area contributed by atoms with Crippen LogP contribution in [-0.4, -0.2) is 24.8 Å². The molecule has 0 radical (unpaired) electrons. The maximum atomic E-state index is 8.76. The summed E-state index contributed by atoms with van der Waals surface area (Å²) in [6, 6.07) is 8.46. The van der Waals surface area contributed by atoms with Gasteiger partial charge in [-0.15, -0.1) is 0 Å². The summed E-state index contributed by atoms with van der Waals surface area (Å²) in [5, 5.41) is 8.76. The highest BCUT2D eigenvalue weighted by Crippen LogP contribution is 2.19. The number of para-hydroxylation sites is 1. The molecule has 1 aromatic carbocycles. The molecule has 0 amide bonds. The molecular weight excluding hydrogens is 186 g/mol. The van der Waals surface area contributed by atoms with E-state index in [4.69, 9.17) is 5.11 Å². The van der Waals surface area contributed by atoms with Crippen molar-refractivity contribution in [1.29, 1.82) is 0 Å². The molecule has 84 valence electrons. The van der Waals surface area contributed by atoms with E-state index in [1.54, 1.807) is 0 Å². The number of hydrogen-bond donors (Lipinski definition) is 1. The molecule has 0 atom stereocenters. The summed E-state index contributed by atoms with van der Waals surface area (Å²) < 4.78 is 0. The molecule has 1 N–H and O–H groups in total. The molecule has 0 bridgehead atoms. The highest BCUT2D eigenvalue weighted by atomic mass is 16.2. The number of aryl methyl sites for hydroxylation is 1. The van der Waals surface area contributed by atoms with Crippen molar-refractivity contribution < 1.29 is 5.11 Å². The Morgan fingerprint density at radius 2 is 1.93 bits per heavy atom. The zero-order chi connectivity index (χ0) is 11.1. The topological polar surface area (TPSA) is 23.5 Å². The van der Waals surface area contributed by atoms with E-state index in [9.17, 15) is 0 Å². The zero-order valence-corrected chi connectivity index (χ0v) is 9.74. The predicted molar refractivity (Wildman–Crippen MR) is 65.4 cm³/mol. The molecule has 0 saturated carbocycles. The van der Waals surface area contributed by atoms with Crippen LogP contribution in [0, 0.1) is 6.92 Å². The van der Waals surface area contributed by atoms with Gasteiger partial charge in [-0.2, -0.15) is 0 Å². The Morgan fingerprint density at radius 1 is 1.20 bits per heavy atom. The molecule has 0 aromatic heterocycles. The Labute approximate surface area is 92.5 Å². The van der Waals surface area contributed by atoms with Crippen LogP contribution in [0.15, 0.2) is 24.3 Å². The molecule has 0 heterocycles. The summed E-state index contributed by atoms with van der Waals surface area (Å²) >= 11 is 0. The van der Waals surface area contributed by atoms with E-state index in [1.807, 2.05) is 0 Å². The van der Waals surface area contributed by atoms with Gasteiger partial charge in [0.25, 0.3) is 0 Å². The number of unbranched alkanes of at least 4 members (excludes halogenated alkanes) is 1. The van der Waals surface area contributed by atoms with Crippen LogP contribution in [0.4, 0.5) is 5.69 Å². The largest absolute Gasteiger partial charge is 0.396 e. The van der Waals surface area contributed by atoms with Crippen molar-refractivity contribution in [2.45, 2.75) is 26.7 Å². The highest BCUT2D eigenvalue weighted by molar-refractivity contribution is 5.52. The van der Waals surface area contributed by atoms with Crippen LogP contribution in [0.1, 0.15) is 25.3 Å². The Morgan fingerprint density at radius 3 is 2.53 bits per heavy atom. The molecule has 1 aromatic rings. The van der Waals surface area contributed by atoms with Crippen LogP contribution in [0.3, 0.4) is 0 Å². The molecule has 0 fully saturated rings. The van der Waals surface area contributed by atoms with E-state index in [0.29, 0.717) is 6.61 Å². The van der Waals surface area contributed by atoms with Crippen molar-refractivity contribution in [3.05, 3.63) is 29.8 Å². The lowest BCUT2D eigenvalue weighted by Crippen LogP contribution is -2.24. The summed E-state index contributed by atoms with van der Waals surface area (Å²) in [6.07, 6.45) is 1.95. The van der Waals surface area contributed by atoms with Gasteiger partial charge >= 0.3 is 0 Å². The third kappa shape index (κ3) is 3.56. The van der Waals surface area contributed by atoms with Crippen LogP contribution < -0.4 is 4.90 Å². The third-order valence-electron chi connectivity index (χ3n) is 2.67. The molecule has 0 aliphatic heterocycles. The quantitative estimate of drug-likeness (QED) is 0.725. The molecule has 1 rings (SSSR count). The minimum atomic E-state index is 0.297. The minimum absolute atomic E-state index is 0.297. The molecule has 0 saturated heterocycles. The van der Waals surface area contributed by atoms with Crippen molar-refractivity contribution in [2.24, 2.45) is 0 Å². The molecule has 0 aliphatic carbocycles. The van der Waals surface area contributed by atoms with Crippen molar-refractivity contribution in [1.82, 2.24) is 0 Å². The number of anilines is 1. The van der Waals surface area contributed by atoms with E-state index in [-0.39, 0.29) is 0 Å². The number of rotatable bonds is 6. The molecule has 0 spiro atoms. The van der Waals surface area contributed by atoms with Gasteiger partial charge in [0.1, 0.15) is 0 Å². The molecule has 0 unspecified atom stereocenters. The van der Waals surface area contributed by atoms with Gasteiger partial charge in [-0.05, 0) is 38.3 Å². The van der Waals surface area contributed by atoms with Gasteiger partial charge in [0.05, 0.1) is 0 Å².